The van der Waals surface area contributed by atoms with Gasteiger partial charge in [0, 0.05) is 48.9 Å². The molecule has 0 unspecified atom stereocenters. The molecule has 0 atom stereocenters. The molecule has 2 fully saturated rings. The average molecular weight is 613 g/mol. The Morgan fingerprint density at radius 3 is 2.40 bits per heavy atom. The molecule has 0 bridgehead atoms. The number of hydrogen-bond acceptors (Lipinski definition) is 11. The van der Waals surface area contributed by atoms with Crippen LogP contribution in [0, 0.1) is 6.92 Å². The summed E-state index contributed by atoms with van der Waals surface area (Å²) in [5.74, 6) is 1.68. The van der Waals surface area contributed by atoms with Gasteiger partial charge in [0.05, 0.1) is 5.69 Å². The average Bonchev–Trinajstić information content (AvgIpc) is 3.72. The van der Waals surface area contributed by atoms with Crippen molar-refractivity contribution >= 4 is 46.0 Å². The number of fused-ring (bicyclic) bond motifs is 1. The number of carbonyl (C=O) groups is 1. The van der Waals surface area contributed by atoms with Gasteiger partial charge in [0.2, 0.25) is 5.95 Å². The molecule has 1 aromatic carbocycles. The molecule has 1 amide bonds. The fraction of sp³-hybridized carbons (Fsp3) is 0.500. The molecular weight excluding hydrogens is 568 g/mol. The minimum absolute atomic E-state index is 0.130. The topological polar surface area (TPSA) is 157 Å². The molecule has 2 aliphatic rings. The third-order valence-electron chi connectivity index (χ3n) is 8.65. The van der Waals surface area contributed by atoms with E-state index in [1.165, 1.54) is 45.2 Å². The lowest BCUT2D eigenvalue weighted by Crippen LogP contribution is -2.47. The van der Waals surface area contributed by atoms with E-state index in [1.54, 1.807) is 12.1 Å². The Morgan fingerprint density at radius 2 is 1.69 bits per heavy atom. The van der Waals surface area contributed by atoms with Crippen LogP contribution >= 0.6 is 0 Å². The van der Waals surface area contributed by atoms with Gasteiger partial charge in [-0.3, -0.25) is 14.8 Å². The van der Waals surface area contributed by atoms with Crippen molar-refractivity contribution in [3.8, 4) is 0 Å². The highest BCUT2D eigenvalue weighted by Gasteiger charge is 2.23. The smallest absolute Gasteiger partial charge is 0.256 e. The van der Waals surface area contributed by atoms with E-state index in [2.05, 4.69) is 71.3 Å². The number of nitrogens with one attached hydrogen (secondary N) is 3. The summed E-state index contributed by atoms with van der Waals surface area (Å²) in [7, 11) is 0. The van der Waals surface area contributed by atoms with Gasteiger partial charge < -0.3 is 26.2 Å². The second-order valence-corrected chi connectivity index (χ2v) is 13.1. The van der Waals surface area contributed by atoms with Crippen molar-refractivity contribution in [3.63, 3.8) is 0 Å². The number of nitrogens with zero attached hydrogens (tertiary/aromatic N) is 8. The number of aryl methyl sites for hydroxylation is 1. The van der Waals surface area contributed by atoms with Gasteiger partial charge in [-0.25, -0.2) is 15.0 Å². The van der Waals surface area contributed by atoms with Gasteiger partial charge in [-0.05, 0) is 70.1 Å². The van der Waals surface area contributed by atoms with Crippen molar-refractivity contribution in [2.45, 2.75) is 52.4 Å². The van der Waals surface area contributed by atoms with Crippen LogP contribution in [0.5, 0.6) is 0 Å². The summed E-state index contributed by atoms with van der Waals surface area (Å²) >= 11 is 0. The molecule has 45 heavy (non-hydrogen) atoms. The van der Waals surface area contributed by atoms with Gasteiger partial charge in [-0.1, -0.05) is 26.8 Å². The molecular formula is C32H44N12O. The van der Waals surface area contributed by atoms with Crippen LogP contribution in [-0.4, -0.2) is 98.2 Å². The van der Waals surface area contributed by atoms with Crippen LogP contribution in [0.1, 0.15) is 61.6 Å². The minimum atomic E-state index is -0.251. The summed E-state index contributed by atoms with van der Waals surface area (Å²) in [5, 5.41) is 13.5. The molecule has 0 radical (unpaired) electrons. The quantitative estimate of drug-likeness (QED) is 0.217. The standard InChI is InChI=1S/C32H44N12O/c1-21-8-9-22(30(45)37-25-19-24(40-41-25)32(2,3)4)18-23(21)36-29-27-26(34-20-35-29)28(33)39-31(38-27)44-16-14-43(15-17-44)13-7-12-42-10-5-6-11-42/h8-9,18-20H,5-7,10-17H2,1-4H3,(H2,33,38,39)(H,34,35,36)(H2,37,40,41,45). The first-order chi connectivity index (χ1) is 21.6. The van der Waals surface area contributed by atoms with E-state index < -0.39 is 0 Å². The van der Waals surface area contributed by atoms with Crippen LogP contribution in [0.2, 0.25) is 0 Å². The first-order valence-corrected chi connectivity index (χ1v) is 15.9. The summed E-state index contributed by atoms with van der Waals surface area (Å²) in [4.78, 5) is 38.8. The first kappa shape index (κ1) is 30.7. The fourth-order valence-corrected chi connectivity index (χ4v) is 5.88. The molecule has 0 aliphatic carbocycles. The number of hydrogen-bond donors (Lipinski definition) is 4. The number of rotatable bonds is 9. The molecule has 2 aliphatic heterocycles. The molecule has 4 aromatic rings. The number of H-pyrrole nitrogens is 1. The number of aromatic nitrogens is 6. The zero-order valence-corrected chi connectivity index (χ0v) is 26.7. The van der Waals surface area contributed by atoms with Crippen molar-refractivity contribution in [2.75, 3.05) is 73.6 Å². The second kappa shape index (κ2) is 12.9. The Bertz CT molecular complexity index is 1650. The summed E-state index contributed by atoms with van der Waals surface area (Å²) in [6.45, 7) is 16.6. The highest BCUT2D eigenvalue weighted by atomic mass is 16.1. The van der Waals surface area contributed by atoms with E-state index in [1.807, 2.05) is 19.1 Å². The fourth-order valence-electron chi connectivity index (χ4n) is 5.88. The number of piperazine rings is 1. The van der Waals surface area contributed by atoms with Gasteiger partial charge in [0.25, 0.3) is 5.91 Å². The summed E-state index contributed by atoms with van der Waals surface area (Å²) < 4.78 is 0. The van der Waals surface area contributed by atoms with Crippen molar-refractivity contribution in [3.05, 3.63) is 47.4 Å². The number of benzene rings is 1. The highest BCUT2D eigenvalue weighted by molar-refractivity contribution is 6.04. The molecule has 13 heteroatoms. The Hall–Kier alpha value is -4.36. The van der Waals surface area contributed by atoms with Crippen LogP contribution in [0.3, 0.4) is 0 Å². The van der Waals surface area contributed by atoms with Gasteiger partial charge in [-0.2, -0.15) is 10.1 Å². The summed E-state index contributed by atoms with van der Waals surface area (Å²) in [5.41, 5.74) is 10.3. The zero-order valence-electron chi connectivity index (χ0n) is 26.7. The third kappa shape index (κ3) is 7.15. The summed E-state index contributed by atoms with van der Waals surface area (Å²) in [6.07, 6.45) is 5.33. The van der Waals surface area contributed by atoms with Crippen LogP contribution < -0.4 is 21.3 Å². The highest BCUT2D eigenvalue weighted by Crippen LogP contribution is 2.29. The van der Waals surface area contributed by atoms with E-state index in [-0.39, 0.29) is 11.3 Å². The van der Waals surface area contributed by atoms with E-state index in [4.69, 9.17) is 10.7 Å². The maximum absolute atomic E-state index is 13.1. The number of anilines is 5. The van der Waals surface area contributed by atoms with Crippen LogP contribution in [0.25, 0.3) is 11.0 Å². The van der Waals surface area contributed by atoms with Gasteiger partial charge >= 0.3 is 0 Å². The Labute approximate surface area is 264 Å². The molecule has 0 spiro atoms. The zero-order chi connectivity index (χ0) is 31.6. The van der Waals surface area contributed by atoms with Crippen molar-refractivity contribution in [1.29, 1.82) is 0 Å². The predicted octanol–water partition coefficient (Wildman–Crippen LogP) is 3.93. The Morgan fingerprint density at radius 1 is 0.956 bits per heavy atom. The van der Waals surface area contributed by atoms with Gasteiger partial charge in [-0.15, -0.1) is 0 Å². The molecule has 5 N–H and O–H groups in total. The van der Waals surface area contributed by atoms with Crippen LogP contribution in [-0.2, 0) is 5.41 Å². The van der Waals surface area contributed by atoms with Crippen molar-refractivity contribution in [1.82, 2.24) is 39.9 Å². The number of nitrogens with two attached hydrogens (primary N) is 1. The number of nitrogen functional groups attached to an aromatic ring is 1. The minimum Gasteiger partial charge on any atom is -0.382 e. The Kier molecular flexibility index (Phi) is 8.81. The first-order valence-electron chi connectivity index (χ1n) is 15.9. The number of amides is 1. The van der Waals surface area contributed by atoms with Gasteiger partial charge in [0.1, 0.15) is 23.2 Å². The molecule has 6 rings (SSSR count). The number of carbonyl (C=O) groups excluding carboxylic acids is 1. The number of aromatic amines is 1. The lowest BCUT2D eigenvalue weighted by Gasteiger charge is -2.35. The largest absolute Gasteiger partial charge is 0.382 e. The molecule has 5 heterocycles. The molecule has 238 valence electrons. The third-order valence-corrected chi connectivity index (χ3v) is 8.65. The van der Waals surface area contributed by atoms with Crippen LogP contribution in [0.15, 0.2) is 30.6 Å². The number of likely N-dealkylation sites (tertiary alicyclic amines) is 1. The van der Waals surface area contributed by atoms with Crippen molar-refractivity contribution in [2.24, 2.45) is 0 Å². The molecule has 2 saturated heterocycles. The van der Waals surface area contributed by atoms with E-state index in [0.717, 1.165) is 49.7 Å². The van der Waals surface area contributed by atoms with Crippen molar-refractivity contribution < 1.29 is 4.79 Å². The van der Waals surface area contributed by atoms with E-state index in [9.17, 15) is 4.79 Å². The lowest BCUT2D eigenvalue weighted by atomic mass is 9.92. The molecule has 0 saturated carbocycles. The SMILES string of the molecule is Cc1ccc(C(=O)Nc2cc(C(C)(C)C)n[nH]2)cc1Nc1ncnc2c(N)nc(N3CCN(CCCN4CCCC4)CC3)nc12. The maximum Gasteiger partial charge on any atom is 0.256 e. The predicted molar refractivity (Wildman–Crippen MR) is 178 cm³/mol. The maximum atomic E-state index is 13.1. The second-order valence-electron chi connectivity index (χ2n) is 13.1. The normalized spacial score (nSPS) is 16.4. The van der Waals surface area contributed by atoms with E-state index in [0.29, 0.717) is 40.0 Å². The summed E-state index contributed by atoms with van der Waals surface area (Å²) in [6, 6.07) is 7.34. The lowest BCUT2D eigenvalue weighted by molar-refractivity contribution is 0.102. The Balaban J connectivity index is 1.15. The molecule has 13 nitrogen and oxygen atoms in total. The van der Waals surface area contributed by atoms with Crippen LogP contribution in [0.4, 0.5) is 29.1 Å². The van der Waals surface area contributed by atoms with E-state index >= 15 is 0 Å². The van der Waals surface area contributed by atoms with Gasteiger partial charge in [0.15, 0.2) is 11.6 Å². The monoisotopic (exact) mass is 612 g/mol. The molecule has 3 aromatic heterocycles.